The fourth-order valence-electron chi connectivity index (χ4n) is 1.64. The molecule has 0 saturated heterocycles. The van der Waals surface area contributed by atoms with Gasteiger partial charge in [0.15, 0.2) is 9.23 Å². The quantitative estimate of drug-likeness (QED) is 0.648. The Morgan fingerprint density at radius 1 is 1.27 bits per heavy atom. The van der Waals surface area contributed by atoms with Crippen LogP contribution in [0.1, 0.15) is 5.56 Å². The van der Waals surface area contributed by atoms with E-state index in [0.29, 0.717) is 17.4 Å². The summed E-state index contributed by atoms with van der Waals surface area (Å²) in [5.41, 5.74) is -0.699. The molecule has 1 aromatic heterocycles. The zero-order chi connectivity index (χ0) is 16.5. The monoisotopic (exact) mass is 368 g/mol. The fraction of sp³-hybridized carbons (Fsp3) is 0.0909. The van der Waals surface area contributed by atoms with Gasteiger partial charge in [0.1, 0.15) is 11.6 Å². The van der Waals surface area contributed by atoms with Crippen molar-refractivity contribution >= 4 is 38.6 Å². The molecule has 1 aromatic carbocycles. The second-order valence-electron chi connectivity index (χ2n) is 4.08. The number of halogens is 3. The molecule has 0 fully saturated rings. The van der Waals surface area contributed by atoms with Crippen molar-refractivity contribution in [3.63, 3.8) is 0 Å². The lowest BCUT2D eigenvalue weighted by atomic mass is 10.2. The van der Waals surface area contributed by atoms with Gasteiger partial charge in [0, 0.05) is 18.0 Å². The Balaban J connectivity index is 2.27. The van der Waals surface area contributed by atoms with Gasteiger partial charge in [-0.25, -0.2) is 21.9 Å². The van der Waals surface area contributed by atoms with Crippen molar-refractivity contribution in [1.29, 1.82) is 0 Å². The van der Waals surface area contributed by atoms with Gasteiger partial charge >= 0.3 is 5.69 Å². The lowest BCUT2D eigenvalue weighted by Gasteiger charge is -2.06. The van der Waals surface area contributed by atoms with E-state index in [1.807, 2.05) is 4.72 Å². The highest BCUT2D eigenvalue weighted by atomic mass is 35.5. The number of nitro groups is 1. The van der Waals surface area contributed by atoms with Crippen LogP contribution in [-0.2, 0) is 16.6 Å². The molecule has 6 nitrogen and oxygen atoms in total. The first kappa shape index (κ1) is 16.7. The Morgan fingerprint density at radius 3 is 2.41 bits per heavy atom. The van der Waals surface area contributed by atoms with Crippen molar-refractivity contribution in [2.75, 3.05) is 0 Å². The third-order valence-corrected chi connectivity index (χ3v) is 5.31. The predicted octanol–water partition coefficient (Wildman–Crippen LogP) is 3.07. The Hall–Kier alpha value is -1.62. The molecule has 1 N–H and O–H groups in total. The zero-order valence-corrected chi connectivity index (χ0v) is 12.9. The highest BCUT2D eigenvalue weighted by Crippen LogP contribution is 2.37. The topological polar surface area (TPSA) is 89.3 Å². The van der Waals surface area contributed by atoms with E-state index in [9.17, 15) is 27.3 Å². The van der Waals surface area contributed by atoms with Crippen LogP contribution in [0.4, 0.5) is 14.5 Å². The van der Waals surface area contributed by atoms with Gasteiger partial charge in [-0.1, -0.05) is 11.6 Å². The summed E-state index contributed by atoms with van der Waals surface area (Å²) < 4.78 is 51.9. The summed E-state index contributed by atoms with van der Waals surface area (Å²) in [7, 11) is -4.25. The van der Waals surface area contributed by atoms with Crippen LogP contribution in [0.3, 0.4) is 0 Å². The molecule has 0 atom stereocenters. The van der Waals surface area contributed by atoms with E-state index >= 15 is 0 Å². The number of nitrogens with zero attached hydrogens (tertiary/aromatic N) is 1. The largest absolute Gasteiger partial charge is 0.318 e. The second kappa shape index (κ2) is 6.24. The van der Waals surface area contributed by atoms with Gasteiger partial charge in [-0.05, 0) is 17.7 Å². The fourth-order valence-corrected chi connectivity index (χ4v) is 4.27. The van der Waals surface area contributed by atoms with Gasteiger partial charge in [-0.3, -0.25) is 10.1 Å². The summed E-state index contributed by atoms with van der Waals surface area (Å²) in [6.07, 6.45) is 0. The van der Waals surface area contributed by atoms with Gasteiger partial charge in [-0.15, -0.1) is 11.3 Å². The Bertz CT molecular complexity index is 818. The van der Waals surface area contributed by atoms with E-state index in [0.717, 1.165) is 17.5 Å². The maximum atomic E-state index is 13.0. The third kappa shape index (κ3) is 3.58. The lowest BCUT2D eigenvalue weighted by Crippen LogP contribution is -2.23. The molecule has 0 amide bonds. The lowest BCUT2D eigenvalue weighted by molar-refractivity contribution is -0.387. The van der Waals surface area contributed by atoms with Gasteiger partial charge in [0.05, 0.1) is 4.92 Å². The first-order valence-electron chi connectivity index (χ1n) is 5.56. The molecule has 0 aliphatic heterocycles. The summed E-state index contributed by atoms with van der Waals surface area (Å²) in [5, 5.41) is 11.9. The standard InChI is InChI=1S/C11H7ClF2N2O4S2/c12-11-10(16(17)18)9(5-21-11)22(19,20)15-4-6-1-7(13)3-8(14)2-6/h1-3,5,15H,4H2. The number of nitrogens with one attached hydrogen (secondary N) is 1. The number of thiophene rings is 1. The van der Waals surface area contributed by atoms with E-state index in [2.05, 4.69) is 0 Å². The van der Waals surface area contributed by atoms with E-state index in [1.165, 1.54) is 0 Å². The Labute approximate surface area is 132 Å². The first-order valence-corrected chi connectivity index (χ1v) is 8.31. The molecule has 2 rings (SSSR count). The molecule has 11 heteroatoms. The molecule has 1 heterocycles. The van der Waals surface area contributed by atoms with Crippen LogP contribution in [0.2, 0.25) is 4.34 Å². The van der Waals surface area contributed by atoms with Crippen LogP contribution in [0.15, 0.2) is 28.5 Å². The van der Waals surface area contributed by atoms with Crippen LogP contribution in [0, 0.1) is 21.7 Å². The van der Waals surface area contributed by atoms with Crippen molar-refractivity contribution in [2.24, 2.45) is 0 Å². The van der Waals surface area contributed by atoms with Crippen molar-refractivity contribution in [3.8, 4) is 0 Å². The summed E-state index contributed by atoms with van der Waals surface area (Å²) in [6.45, 7) is -0.429. The van der Waals surface area contributed by atoms with E-state index < -0.39 is 43.7 Å². The van der Waals surface area contributed by atoms with Gasteiger partial charge in [0.25, 0.3) is 0 Å². The Kier molecular flexibility index (Phi) is 4.75. The van der Waals surface area contributed by atoms with E-state index in [4.69, 9.17) is 11.6 Å². The molecule has 2 aromatic rings. The molecule has 0 radical (unpaired) electrons. The molecule has 22 heavy (non-hydrogen) atoms. The molecule has 0 unspecified atom stereocenters. The number of hydrogen-bond acceptors (Lipinski definition) is 5. The number of benzene rings is 1. The molecule has 0 bridgehead atoms. The van der Waals surface area contributed by atoms with Crippen LogP contribution < -0.4 is 4.72 Å². The van der Waals surface area contributed by atoms with Crippen molar-refractivity contribution in [3.05, 3.63) is 55.2 Å². The highest BCUT2D eigenvalue weighted by Gasteiger charge is 2.30. The number of hydrogen-bond donors (Lipinski definition) is 1. The molecular formula is C11H7ClF2N2O4S2. The summed E-state index contributed by atoms with van der Waals surface area (Å²) >= 11 is 6.29. The minimum Gasteiger partial charge on any atom is -0.258 e. The molecule has 0 spiro atoms. The highest BCUT2D eigenvalue weighted by molar-refractivity contribution is 7.89. The smallest absolute Gasteiger partial charge is 0.258 e. The molecular weight excluding hydrogens is 362 g/mol. The summed E-state index contributed by atoms with van der Waals surface area (Å²) in [4.78, 5) is 9.35. The Morgan fingerprint density at radius 2 is 1.86 bits per heavy atom. The van der Waals surface area contributed by atoms with Gasteiger partial charge < -0.3 is 0 Å². The molecule has 118 valence electrons. The van der Waals surface area contributed by atoms with Crippen LogP contribution in [-0.4, -0.2) is 13.3 Å². The van der Waals surface area contributed by atoms with Crippen molar-refractivity contribution < 1.29 is 22.1 Å². The molecule has 0 aliphatic rings. The zero-order valence-electron chi connectivity index (χ0n) is 10.5. The number of sulfonamides is 1. The maximum absolute atomic E-state index is 13.0. The normalized spacial score (nSPS) is 11.6. The van der Waals surface area contributed by atoms with Crippen molar-refractivity contribution in [1.82, 2.24) is 4.72 Å². The second-order valence-corrected chi connectivity index (χ2v) is 7.30. The SMILES string of the molecule is O=[N+]([O-])c1c(S(=O)(=O)NCc2cc(F)cc(F)c2)csc1Cl. The summed E-state index contributed by atoms with van der Waals surface area (Å²) in [5.74, 6) is -1.72. The minimum absolute atomic E-state index is 0.0325. The maximum Gasteiger partial charge on any atom is 0.318 e. The average Bonchev–Trinajstić information content (AvgIpc) is 2.78. The van der Waals surface area contributed by atoms with Crippen LogP contribution in [0.5, 0.6) is 0 Å². The van der Waals surface area contributed by atoms with Gasteiger partial charge in [-0.2, -0.15) is 0 Å². The average molecular weight is 369 g/mol. The van der Waals surface area contributed by atoms with Crippen LogP contribution in [0.25, 0.3) is 0 Å². The van der Waals surface area contributed by atoms with E-state index in [-0.39, 0.29) is 9.90 Å². The van der Waals surface area contributed by atoms with Crippen molar-refractivity contribution in [2.45, 2.75) is 11.4 Å². The third-order valence-electron chi connectivity index (χ3n) is 2.55. The number of rotatable bonds is 5. The first-order chi connectivity index (χ1) is 10.2. The van der Waals surface area contributed by atoms with Gasteiger partial charge in [0.2, 0.25) is 10.0 Å². The van der Waals surface area contributed by atoms with Crippen LogP contribution >= 0.6 is 22.9 Å². The summed E-state index contributed by atoms with van der Waals surface area (Å²) in [6, 6.07) is 2.53. The molecule has 0 saturated carbocycles. The predicted molar refractivity (Wildman–Crippen MR) is 76.4 cm³/mol. The minimum atomic E-state index is -4.25. The molecule has 0 aliphatic carbocycles. The van der Waals surface area contributed by atoms with E-state index in [1.54, 1.807) is 0 Å².